The standard InChI is InChI=1S/C26H32AsClN5O2.C26H35ClN6O.C21H25ClN6/c28-22-14-30-24(27-18-4-5-19(12-18)32-20-6-9-35-15-20)13-21(22)23-2-1-3-25(33-23)31-17-26(16-29)7-10-34-11-8-26;1-18(2)31-19-6-8-20(9-7-19)32-25-14-21(22(27)15-29-25)23-4-3-5-24(33-23)30-17-26(16-28)10-12-34-13-11-26;22-17-11-25-20(27-15-6-4-14(24)5-7-15)10-16(17)18-2-1-3-19(28-18)26-13-21(12-23)8-9-21/h1-3,13-14,18-20,32H,4-12,15,17H2,(H,31,33);3-5,14-15,18-20,31H,6-13,17H2,1-2H3,(H,29,32)(H,30,33);1-3,10-11,14-15H,4-9,13,24H2,(H,25,27)(H,26,28)/t18-,19-,20?;;/m1../s1. The van der Waals surface area contributed by atoms with Crippen molar-refractivity contribution in [3.05, 3.63) is 106 Å². The SMILES string of the molecule is CC(C)NC1CCC(Nc2cc(-c3cccc(NCC4(C#N)CCOCC4)n3)c(Cl)cn2)CC1.N#CC1(CNc2cccc(-c3cc(NC4CCC(N)CC4)ncc3Cl)n2)CC1.N#CC1(CNc2cccc(-c3cc([As][C@@H]4CC[C@@H](NC5CCOC5)C4)ncc3Cl)n2)CCOCC1. The number of ether oxygens (including phenoxy) is 3. The van der Waals surface area contributed by atoms with Crippen molar-refractivity contribution >= 4 is 84.1 Å². The number of halogens is 3. The number of nitrogens with one attached hydrogen (secondary N) is 7. The zero-order valence-electron chi connectivity index (χ0n) is 55.8. The summed E-state index contributed by atoms with van der Waals surface area (Å²) in [5, 5.41) is 55.0. The number of aromatic nitrogens is 6. The number of nitriles is 3. The number of nitrogens with two attached hydrogens (primary N) is 1. The average molecular weight is 1440 g/mol. The Morgan fingerprint density at radius 2 is 0.938 bits per heavy atom. The fraction of sp³-hybridized carbons (Fsp3) is 0.548. The van der Waals surface area contributed by atoms with Gasteiger partial charge in [-0.2, -0.15) is 10.5 Å². The van der Waals surface area contributed by atoms with Crippen molar-refractivity contribution in [2.24, 2.45) is 22.0 Å². The molecule has 7 aliphatic rings. The monoisotopic (exact) mass is 1430 g/mol. The molecule has 0 amide bonds. The topological polar surface area (TPSA) is 287 Å². The molecule has 0 bridgehead atoms. The van der Waals surface area contributed by atoms with Crippen molar-refractivity contribution in [3.8, 4) is 52.0 Å². The molecule has 4 saturated carbocycles. The van der Waals surface area contributed by atoms with Crippen LogP contribution in [0, 0.1) is 50.2 Å². The van der Waals surface area contributed by atoms with E-state index >= 15 is 0 Å². The summed E-state index contributed by atoms with van der Waals surface area (Å²) in [7, 11) is 0. The summed E-state index contributed by atoms with van der Waals surface area (Å²) in [6.07, 6.45) is 23.6. The molecule has 3 aliphatic heterocycles. The molecule has 9 N–H and O–H groups in total. The molecule has 9 heterocycles. The van der Waals surface area contributed by atoms with Gasteiger partial charge in [-0.15, -0.1) is 0 Å². The van der Waals surface area contributed by atoms with Gasteiger partial charge >= 0.3 is 220 Å². The van der Waals surface area contributed by atoms with Crippen LogP contribution in [0.5, 0.6) is 0 Å². The second-order valence-corrected chi connectivity index (χ2v) is 31.9. The fourth-order valence-electron chi connectivity index (χ4n) is 13.6. The third-order valence-corrected chi connectivity index (χ3v) is 23.5. The van der Waals surface area contributed by atoms with Crippen LogP contribution in [0.2, 0.25) is 19.8 Å². The van der Waals surface area contributed by atoms with Gasteiger partial charge in [-0.1, -0.05) is 49.2 Å². The Kier molecular flexibility index (Phi) is 25.6. The molecular weight excluding hydrogens is 1340 g/mol. The molecule has 24 heteroatoms. The van der Waals surface area contributed by atoms with Crippen LogP contribution < -0.4 is 47.4 Å². The Labute approximate surface area is 593 Å². The van der Waals surface area contributed by atoms with Gasteiger partial charge in [0.2, 0.25) is 0 Å². The second kappa shape index (κ2) is 34.6. The van der Waals surface area contributed by atoms with E-state index in [0.29, 0.717) is 103 Å². The number of pyridine rings is 6. The van der Waals surface area contributed by atoms with Gasteiger partial charge in [0, 0.05) is 80.0 Å². The quantitative estimate of drug-likeness (QED) is 0.0293. The Morgan fingerprint density at radius 1 is 0.505 bits per heavy atom. The average Bonchev–Trinajstić information content (AvgIpc) is 1.81. The number of anilines is 5. The van der Waals surface area contributed by atoms with E-state index in [9.17, 15) is 15.8 Å². The Morgan fingerprint density at radius 3 is 1.38 bits per heavy atom. The van der Waals surface area contributed by atoms with Crippen molar-refractivity contribution in [2.45, 2.75) is 176 Å². The summed E-state index contributed by atoms with van der Waals surface area (Å²) in [5.74, 6) is 3.87. The van der Waals surface area contributed by atoms with Gasteiger partial charge in [0.05, 0.1) is 44.4 Å². The normalized spacial score (nSPS) is 23.9. The zero-order chi connectivity index (χ0) is 67.6. The van der Waals surface area contributed by atoms with Gasteiger partial charge in [-0.3, -0.25) is 0 Å². The van der Waals surface area contributed by atoms with Crippen LogP contribution >= 0.6 is 34.8 Å². The summed E-state index contributed by atoms with van der Waals surface area (Å²) >= 11 is 19.5. The van der Waals surface area contributed by atoms with Crippen molar-refractivity contribution in [1.29, 1.82) is 15.8 Å². The number of nitrogens with zero attached hydrogens (tertiary/aromatic N) is 9. The Hall–Kier alpha value is -6.44. The van der Waals surface area contributed by atoms with E-state index in [2.05, 4.69) is 95.3 Å². The molecule has 3 atom stereocenters. The molecule has 20 nitrogen and oxygen atoms in total. The van der Waals surface area contributed by atoms with Gasteiger partial charge < -0.3 is 37.1 Å². The molecule has 3 saturated heterocycles. The van der Waals surface area contributed by atoms with E-state index in [-0.39, 0.29) is 21.2 Å². The van der Waals surface area contributed by atoms with Gasteiger partial charge in [0.1, 0.15) is 23.3 Å². The predicted octanol–water partition coefficient (Wildman–Crippen LogP) is 13.0. The molecule has 1 unspecified atom stereocenters. The fourth-order valence-corrected chi connectivity index (χ4v) is 17.0. The van der Waals surface area contributed by atoms with Crippen LogP contribution in [0.4, 0.5) is 29.1 Å². The first-order valence-electron chi connectivity index (χ1n) is 34.7. The minimum atomic E-state index is -0.412. The van der Waals surface area contributed by atoms with Crippen LogP contribution in [-0.4, -0.2) is 147 Å². The van der Waals surface area contributed by atoms with Crippen molar-refractivity contribution < 1.29 is 14.2 Å². The Bertz CT molecular complexity index is 3680. The van der Waals surface area contributed by atoms with E-state index in [4.69, 9.17) is 64.7 Å². The van der Waals surface area contributed by atoms with Crippen LogP contribution in [0.3, 0.4) is 0 Å². The molecule has 97 heavy (non-hydrogen) atoms. The third kappa shape index (κ3) is 20.6. The van der Waals surface area contributed by atoms with Gasteiger partial charge in [0.15, 0.2) is 0 Å². The van der Waals surface area contributed by atoms with Gasteiger partial charge in [-0.25, -0.2) is 19.9 Å². The molecular formula is C73H92AsCl3N17O3. The van der Waals surface area contributed by atoms with Crippen molar-refractivity contribution in [2.75, 3.05) is 85.9 Å². The maximum atomic E-state index is 9.73. The summed E-state index contributed by atoms with van der Waals surface area (Å²) in [5.41, 5.74) is 9.97. The third-order valence-electron chi connectivity index (χ3n) is 19.8. The summed E-state index contributed by atoms with van der Waals surface area (Å²) < 4.78 is 18.3. The van der Waals surface area contributed by atoms with E-state index in [0.717, 1.165) is 169 Å². The van der Waals surface area contributed by atoms with Crippen LogP contribution in [0.25, 0.3) is 33.8 Å². The Balaban J connectivity index is 0.000000149. The zero-order valence-corrected chi connectivity index (χ0v) is 59.9. The summed E-state index contributed by atoms with van der Waals surface area (Å²) in [6, 6.07) is 34.4. The minimum absolute atomic E-state index is 0.0387. The molecule has 6 aromatic rings. The van der Waals surface area contributed by atoms with Crippen LogP contribution in [0.15, 0.2) is 91.4 Å². The van der Waals surface area contributed by atoms with Crippen molar-refractivity contribution in [3.63, 3.8) is 0 Å². The summed E-state index contributed by atoms with van der Waals surface area (Å²) in [6.45, 7) is 10.4. The summed E-state index contributed by atoms with van der Waals surface area (Å²) in [4.78, 5) is 27.9. The molecule has 6 aromatic heterocycles. The van der Waals surface area contributed by atoms with E-state index in [1.165, 1.54) is 32.1 Å². The van der Waals surface area contributed by atoms with E-state index < -0.39 is 10.8 Å². The predicted molar refractivity (Wildman–Crippen MR) is 387 cm³/mol. The molecule has 1 radical (unpaired) electrons. The number of rotatable bonds is 22. The maximum absolute atomic E-state index is 9.73. The number of hydrogen-bond donors (Lipinski definition) is 8. The first-order chi connectivity index (χ1) is 47.1. The molecule has 513 valence electrons. The molecule has 4 aliphatic carbocycles. The van der Waals surface area contributed by atoms with Gasteiger partial charge in [-0.05, 0) is 113 Å². The molecule has 0 spiro atoms. The first-order valence-corrected chi connectivity index (χ1v) is 37.9. The molecule has 0 aromatic carbocycles. The number of hydrogen-bond acceptors (Lipinski definition) is 20. The molecule has 7 fully saturated rings. The first kappa shape index (κ1) is 71.8. The van der Waals surface area contributed by atoms with Crippen LogP contribution in [0.1, 0.15) is 129 Å². The molecule has 13 rings (SSSR count). The van der Waals surface area contributed by atoms with Crippen molar-refractivity contribution in [1.82, 2.24) is 40.5 Å². The second-order valence-electron chi connectivity index (χ2n) is 27.6. The van der Waals surface area contributed by atoms with Crippen LogP contribution in [-0.2, 0) is 14.2 Å². The van der Waals surface area contributed by atoms with Gasteiger partial charge in [0.25, 0.3) is 0 Å². The van der Waals surface area contributed by atoms with E-state index in [1.54, 1.807) is 18.6 Å². The van der Waals surface area contributed by atoms with E-state index in [1.807, 2.05) is 66.7 Å².